The van der Waals surface area contributed by atoms with Gasteiger partial charge in [-0.1, -0.05) is 17.7 Å². The fourth-order valence-corrected chi connectivity index (χ4v) is 9.78. The number of rotatable bonds is 7. The molecule has 0 radical (unpaired) electrons. The quantitative estimate of drug-likeness (QED) is 0.372. The number of fused-ring (bicyclic) bond motifs is 3. The Labute approximate surface area is 255 Å². The molecule has 3 aromatic rings. The van der Waals surface area contributed by atoms with Gasteiger partial charge in [0.15, 0.2) is 10.8 Å². The number of amidine groups is 1. The fourth-order valence-electron chi connectivity index (χ4n) is 7.06. The first-order chi connectivity index (χ1) is 20.6. The number of halogens is 4. The summed E-state index contributed by atoms with van der Waals surface area (Å²) < 4.78 is 72.0. The van der Waals surface area contributed by atoms with E-state index in [2.05, 4.69) is 14.8 Å². The Morgan fingerprint density at radius 3 is 2.58 bits per heavy atom. The molecule has 2 aliphatic carbocycles. The molecule has 2 aliphatic heterocycles. The van der Waals surface area contributed by atoms with Crippen LogP contribution in [0.2, 0.25) is 5.02 Å². The van der Waals surface area contributed by atoms with Crippen molar-refractivity contribution in [2.75, 3.05) is 6.54 Å². The van der Waals surface area contributed by atoms with Crippen LogP contribution >= 0.6 is 22.9 Å². The van der Waals surface area contributed by atoms with Crippen LogP contribution in [-0.2, 0) is 10.0 Å². The van der Waals surface area contributed by atoms with Crippen LogP contribution in [0.5, 0.6) is 0 Å². The normalized spacial score (nSPS) is 29.0. The summed E-state index contributed by atoms with van der Waals surface area (Å²) in [6.45, 7) is -2.63. The highest BCUT2D eigenvalue weighted by Gasteiger charge is 2.47. The molecular formula is C28H28ClF3N6O3S2. The number of aliphatic hydroxyl groups is 1. The zero-order valence-corrected chi connectivity index (χ0v) is 25.0. The van der Waals surface area contributed by atoms with Crippen LogP contribution < -0.4 is 4.72 Å². The second-order valence-electron chi connectivity index (χ2n) is 11.5. The van der Waals surface area contributed by atoms with Crippen molar-refractivity contribution in [1.82, 2.24) is 24.4 Å². The van der Waals surface area contributed by atoms with E-state index in [1.165, 1.54) is 41.8 Å². The first kappa shape index (κ1) is 29.0. The summed E-state index contributed by atoms with van der Waals surface area (Å²) in [5.41, 5.74) is 1.81. The molecule has 0 spiro atoms. The molecule has 228 valence electrons. The van der Waals surface area contributed by atoms with Crippen molar-refractivity contribution in [2.45, 2.75) is 62.1 Å². The van der Waals surface area contributed by atoms with E-state index in [1.54, 1.807) is 11.6 Å². The lowest BCUT2D eigenvalue weighted by atomic mass is 9.86. The summed E-state index contributed by atoms with van der Waals surface area (Å²) in [4.78, 5) is 11.3. The van der Waals surface area contributed by atoms with Gasteiger partial charge in [-0.3, -0.25) is 4.99 Å². The summed E-state index contributed by atoms with van der Waals surface area (Å²) in [7, 11) is -3.74. The van der Waals surface area contributed by atoms with E-state index in [1.807, 2.05) is 4.90 Å². The van der Waals surface area contributed by atoms with Gasteiger partial charge in [0.2, 0.25) is 10.0 Å². The van der Waals surface area contributed by atoms with Crippen LogP contribution in [0.25, 0.3) is 5.57 Å². The van der Waals surface area contributed by atoms with E-state index < -0.39 is 45.8 Å². The van der Waals surface area contributed by atoms with Gasteiger partial charge in [-0.2, -0.15) is 13.9 Å². The van der Waals surface area contributed by atoms with E-state index in [-0.39, 0.29) is 35.5 Å². The van der Waals surface area contributed by atoms with Crippen LogP contribution in [0.1, 0.15) is 61.0 Å². The maximum atomic E-state index is 14.1. The van der Waals surface area contributed by atoms with Crippen molar-refractivity contribution in [3.63, 3.8) is 0 Å². The lowest BCUT2D eigenvalue weighted by Gasteiger charge is -2.32. The molecule has 1 saturated heterocycles. The Bertz CT molecular complexity index is 1700. The van der Waals surface area contributed by atoms with Gasteiger partial charge in [-0.25, -0.2) is 27.2 Å². The Morgan fingerprint density at radius 2 is 1.93 bits per heavy atom. The van der Waals surface area contributed by atoms with Gasteiger partial charge < -0.3 is 10.0 Å². The van der Waals surface area contributed by atoms with E-state index in [9.17, 15) is 26.7 Å². The molecule has 2 N–H and O–H groups in total. The number of nitrogens with zero attached hydrogens (tertiary/aromatic N) is 5. The zero-order chi connectivity index (χ0) is 30.0. The van der Waals surface area contributed by atoms with Gasteiger partial charge in [-0.15, -0.1) is 11.3 Å². The molecule has 43 heavy (non-hydrogen) atoms. The number of aromatic nitrogens is 3. The van der Waals surface area contributed by atoms with Crippen molar-refractivity contribution in [3.8, 4) is 0 Å². The van der Waals surface area contributed by atoms with Crippen LogP contribution in [-0.4, -0.2) is 63.0 Å². The molecule has 2 saturated carbocycles. The largest absolute Gasteiger partial charge is 0.393 e. The number of nitrogens with one attached hydrogen (secondary N) is 1. The molecule has 6 atom stereocenters. The Hall–Kier alpha value is -2.78. The predicted octanol–water partition coefficient (Wildman–Crippen LogP) is 4.98. The topological polar surface area (TPSA) is 113 Å². The van der Waals surface area contributed by atoms with E-state index in [0.29, 0.717) is 45.2 Å². The summed E-state index contributed by atoms with van der Waals surface area (Å²) in [6.07, 6.45) is 5.09. The van der Waals surface area contributed by atoms with E-state index in [4.69, 9.17) is 16.6 Å². The van der Waals surface area contributed by atoms with Gasteiger partial charge >= 0.3 is 6.55 Å². The lowest BCUT2D eigenvalue weighted by Crippen LogP contribution is -2.46. The number of hydrogen-bond acceptors (Lipinski definition) is 8. The predicted molar refractivity (Wildman–Crippen MR) is 156 cm³/mol. The standard InChI is InChI=1S/C28H28ClF3N6O3S2/c29-20-11-16(30)3-4-19(20)24-23(21-5-7-38(35-21)28(31)32)22-12-17(13-37(22)26(34-24)27-33-6-8-42-27)36-43(40,41)18-9-14-1-2-15(10-18)25(14)39/h3-8,11,14-15,17-18,24-25,28,36,39H,1-2,9-10,12-13H2/t14-,15?,17-,18-,24-,25-/m0/s1. The fraction of sp³-hybridized carbons (Fsp3) is 0.464. The number of alkyl halides is 2. The highest BCUT2D eigenvalue weighted by Crippen LogP contribution is 2.47. The number of hydrogen-bond donors (Lipinski definition) is 2. The minimum Gasteiger partial charge on any atom is -0.393 e. The third-order valence-electron chi connectivity index (χ3n) is 9.00. The van der Waals surface area contributed by atoms with Crippen molar-refractivity contribution in [2.24, 2.45) is 16.8 Å². The summed E-state index contributed by atoms with van der Waals surface area (Å²) in [5.74, 6) is -0.0860. The van der Waals surface area contributed by atoms with Crippen LogP contribution in [0.4, 0.5) is 13.2 Å². The van der Waals surface area contributed by atoms with Gasteiger partial charge in [-0.05, 0) is 55.7 Å². The molecule has 3 fully saturated rings. The summed E-state index contributed by atoms with van der Waals surface area (Å²) in [6, 6.07) is 4.00. The maximum Gasteiger partial charge on any atom is 0.333 e. The van der Waals surface area contributed by atoms with E-state index in [0.717, 1.165) is 12.8 Å². The van der Waals surface area contributed by atoms with Crippen molar-refractivity contribution in [3.05, 3.63) is 74.8 Å². The summed E-state index contributed by atoms with van der Waals surface area (Å²) in [5, 5.41) is 16.4. The summed E-state index contributed by atoms with van der Waals surface area (Å²) >= 11 is 7.87. The third kappa shape index (κ3) is 5.20. The SMILES string of the molecule is O=S(=O)(N[C@H]1CC2=C(c3ccn(C(F)F)n3)[C@H](c3ccc(F)cc3Cl)N=C(c3nccs3)N2C1)[C@@H]1CC2CC[C@@H](C1)[C@@H]2O. The molecule has 0 amide bonds. The molecule has 2 aromatic heterocycles. The smallest absolute Gasteiger partial charge is 0.333 e. The Kier molecular flexibility index (Phi) is 7.40. The molecule has 1 aromatic carbocycles. The number of aliphatic imine (C=N–C) groups is 1. The number of sulfonamides is 1. The molecule has 4 aliphatic rings. The molecule has 15 heteroatoms. The molecule has 9 nitrogen and oxygen atoms in total. The molecule has 4 heterocycles. The maximum absolute atomic E-state index is 14.1. The first-order valence-electron chi connectivity index (χ1n) is 14.0. The van der Waals surface area contributed by atoms with Gasteiger partial charge in [0.25, 0.3) is 0 Å². The van der Waals surface area contributed by atoms with Gasteiger partial charge in [0.1, 0.15) is 11.9 Å². The minimum atomic E-state index is -3.74. The molecular weight excluding hydrogens is 625 g/mol. The number of aliphatic hydroxyl groups excluding tert-OH is 1. The average Bonchev–Trinajstić information content (AvgIpc) is 3.75. The van der Waals surface area contributed by atoms with Crippen molar-refractivity contribution >= 4 is 44.4 Å². The minimum absolute atomic E-state index is 0.0145. The second-order valence-corrected chi connectivity index (χ2v) is 14.8. The first-order valence-corrected chi connectivity index (χ1v) is 16.9. The van der Waals surface area contributed by atoms with Crippen LogP contribution in [0.15, 0.2) is 52.7 Å². The Balaban J connectivity index is 1.30. The van der Waals surface area contributed by atoms with Crippen LogP contribution in [0.3, 0.4) is 0 Å². The van der Waals surface area contributed by atoms with Gasteiger partial charge in [0.05, 0.1) is 17.0 Å². The molecule has 1 unspecified atom stereocenters. The second kappa shape index (κ2) is 11.0. The number of thiazole rings is 1. The van der Waals surface area contributed by atoms with Crippen molar-refractivity contribution in [1.29, 1.82) is 0 Å². The lowest BCUT2D eigenvalue weighted by molar-refractivity contribution is 0.0564. The highest BCUT2D eigenvalue weighted by molar-refractivity contribution is 7.90. The monoisotopic (exact) mass is 652 g/mol. The number of benzene rings is 1. The third-order valence-corrected chi connectivity index (χ3v) is 12.0. The highest BCUT2D eigenvalue weighted by atomic mass is 35.5. The zero-order valence-electron chi connectivity index (χ0n) is 22.7. The van der Waals surface area contributed by atoms with Crippen molar-refractivity contribution < 1.29 is 26.7 Å². The average molecular weight is 653 g/mol. The molecule has 7 rings (SSSR count). The van der Waals surface area contributed by atoms with E-state index >= 15 is 0 Å². The molecule has 2 bridgehead atoms. The Morgan fingerprint density at radius 1 is 1.16 bits per heavy atom. The van der Waals surface area contributed by atoms with Gasteiger partial charge in [0, 0.05) is 58.6 Å². The van der Waals surface area contributed by atoms with Crippen LogP contribution in [0, 0.1) is 17.7 Å².